The molecule has 0 saturated heterocycles. The SMILES string of the molecule is CC#CCCC(NCC)c1ccccc1OCC. The van der Waals surface area contributed by atoms with Gasteiger partial charge in [-0.25, -0.2) is 0 Å². The van der Waals surface area contributed by atoms with Crippen LogP contribution in [0.1, 0.15) is 45.2 Å². The van der Waals surface area contributed by atoms with E-state index in [4.69, 9.17) is 4.74 Å². The fourth-order valence-electron chi connectivity index (χ4n) is 2.01. The highest BCUT2D eigenvalue weighted by Gasteiger charge is 2.14. The van der Waals surface area contributed by atoms with Gasteiger partial charge in [-0.3, -0.25) is 0 Å². The first-order chi connectivity index (χ1) is 8.83. The summed E-state index contributed by atoms with van der Waals surface area (Å²) in [5.74, 6) is 7.06. The monoisotopic (exact) mass is 245 g/mol. The second-order valence-electron chi connectivity index (χ2n) is 4.05. The van der Waals surface area contributed by atoms with Crippen molar-refractivity contribution in [2.75, 3.05) is 13.2 Å². The Morgan fingerprint density at radius 1 is 1.28 bits per heavy atom. The van der Waals surface area contributed by atoms with Crippen LogP contribution in [0.25, 0.3) is 0 Å². The smallest absolute Gasteiger partial charge is 0.124 e. The van der Waals surface area contributed by atoms with Crippen molar-refractivity contribution < 1.29 is 4.74 Å². The van der Waals surface area contributed by atoms with Gasteiger partial charge in [-0.05, 0) is 32.9 Å². The average molecular weight is 245 g/mol. The lowest BCUT2D eigenvalue weighted by Crippen LogP contribution is -2.21. The molecular formula is C16H23NO. The normalized spacial score (nSPS) is 11.5. The molecule has 0 aliphatic rings. The van der Waals surface area contributed by atoms with Gasteiger partial charge in [0.15, 0.2) is 0 Å². The van der Waals surface area contributed by atoms with Gasteiger partial charge < -0.3 is 10.1 Å². The lowest BCUT2D eigenvalue weighted by Gasteiger charge is -2.20. The van der Waals surface area contributed by atoms with E-state index in [1.165, 1.54) is 5.56 Å². The lowest BCUT2D eigenvalue weighted by atomic mass is 10.0. The number of hydrogen-bond acceptors (Lipinski definition) is 2. The maximum atomic E-state index is 5.69. The molecule has 0 radical (unpaired) electrons. The fraction of sp³-hybridized carbons (Fsp3) is 0.500. The maximum Gasteiger partial charge on any atom is 0.124 e. The fourth-order valence-corrected chi connectivity index (χ4v) is 2.01. The van der Waals surface area contributed by atoms with Crippen LogP contribution in [0.3, 0.4) is 0 Å². The van der Waals surface area contributed by atoms with Crippen molar-refractivity contribution in [2.45, 2.75) is 39.7 Å². The number of para-hydroxylation sites is 1. The second-order valence-corrected chi connectivity index (χ2v) is 4.05. The number of ether oxygens (including phenoxy) is 1. The van der Waals surface area contributed by atoms with Crippen molar-refractivity contribution in [2.24, 2.45) is 0 Å². The van der Waals surface area contributed by atoms with Crippen molar-refractivity contribution in [3.05, 3.63) is 29.8 Å². The molecule has 98 valence electrons. The first-order valence-electron chi connectivity index (χ1n) is 6.68. The summed E-state index contributed by atoms with van der Waals surface area (Å²) >= 11 is 0. The van der Waals surface area contributed by atoms with Crippen LogP contribution in [0.2, 0.25) is 0 Å². The Morgan fingerprint density at radius 3 is 2.72 bits per heavy atom. The van der Waals surface area contributed by atoms with E-state index in [-0.39, 0.29) is 0 Å². The highest BCUT2D eigenvalue weighted by atomic mass is 16.5. The molecule has 0 fully saturated rings. The molecule has 1 aromatic rings. The van der Waals surface area contributed by atoms with Crippen molar-refractivity contribution >= 4 is 0 Å². The van der Waals surface area contributed by atoms with E-state index >= 15 is 0 Å². The van der Waals surface area contributed by atoms with Crippen molar-refractivity contribution in [3.63, 3.8) is 0 Å². The molecule has 1 aromatic carbocycles. The minimum Gasteiger partial charge on any atom is -0.494 e. The predicted molar refractivity (Wildman–Crippen MR) is 76.7 cm³/mol. The maximum absolute atomic E-state index is 5.69. The van der Waals surface area contributed by atoms with Crippen LogP contribution >= 0.6 is 0 Å². The quantitative estimate of drug-likeness (QED) is 0.742. The zero-order chi connectivity index (χ0) is 13.2. The van der Waals surface area contributed by atoms with Gasteiger partial charge in [0.2, 0.25) is 0 Å². The molecule has 1 N–H and O–H groups in total. The summed E-state index contributed by atoms with van der Waals surface area (Å²) in [6.07, 6.45) is 1.92. The van der Waals surface area contributed by atoms with E-state index in [1.807, 2.05) is 26.0 Å². The first kappa shape index (κ1) is 14.6. The molecule has 0 saturated carbocycles. The molecule has 18 heavy (non-hydrogen) atoms. The van der Waals surface area contributed by atoms with Crippen LogP contribution in [0.4, 0.5) is 0 Å². The van der Waals surface area contributed by atoms with Gasteiger partial charge >= 0.3 is 0 Å². The molecule has 0 heterocycles. The summed E-state index contributed by atoms with van der Waals surface area (Å²) < 4.78 is 5.69. The number of nitrogens with one attached hydrogen (secondary N) is 1. The van der Waals surface area contributed by atoms with Crippen LogP contribution in [0.15, 0.2) is 24.3 Å². The Bertz CT molecular complexity index is 403. The second kappa shape index (κ2) is 8.60. The molecule has 1 rings (SSSR count). The van der Waals surface area contributed by atoms with E-state index in [2.05, 4.69) is 36.2 Å². The van der Waals surface area contributed by atoms with Gasteiger partial charge in [0.25, 0.3) is 0 Å². The number of rotatable bonds is 7. The highest BCUT2D eigenvalue weighted by Crippen LogP contribution is 2.27. The summed E-state index contributed by atoms with van der Waals surface area (Å²) in [4.78, 5) is 0. The first-order valence-corrected chi connectivity index (χ1v) is 6.68. The van der Waals surface area contributed by atoms with Gasteiger partial charge in [0.1, 0.15) is 5.75 Å². The predicted octanol–water partition coefficient (Wildman–Crippen LogP) is 3.54. The summed E-state index contributed by atoms with van der Waals surface area (Å²) in [5.41, 5.74) is 1.24. The van der Waals surface area contributed by atoms with Crippen LogP contribution in [0, 0.1) is 11.8 Å². The van der Waals surface area contributed by atoms with E-state index in [0.717, 1.165) is 25.1 Å². The third-order valence-corrected chi connectivity index (χ3v) is 2.78. The molecule has 1 unspecified atom stereocenters. The van der Waals surface area contributed by atoms with E-state index in [1.54, 1.807) is 0 Å². The van der Waals surface area contributed by atoms with Gasteiger partial charge in [0.05, 0.1) is 6.61 Å². The van der Waals surface area contributed by atoms with E-state index in [0.29, 0.717) is 12.6 Å². The van der Waals surface area contributed by atoms with Crippen LogP contribution in [-0.4, -0.2) is 13.2 Å². The summed E-state index contributed by atoms with van der Waals surface area (Å²) in [5, 5.41) is 3.51. The molecule has 2 nitrogen and oxygen atoms in total. The zero-order valence-corrected chi connectivity index (χ0v) is 11.6. The zero-order valence-electron chi connectivity index (χ0n) is 11.6. The van der Waals surface area contributed by atoms with Crippen molar-refractivity contribution in [3.8, 4) is 17.6 Å². The Labute approximate surface area is 111 Å². The average Bonchev–Trinajstić information content (AvgIpc) is 2.39. The summed E-state index contributed by atoms with van der Waals surface area (Å²) in [6.45, 7) is 7.68. The van der Waals surface area contributed by atoms with Crippen LogP contribution in [-0.2, 0) is 0 Å². The largest absolute Gasteiger partial charge is 0.494 e. The third-order valence-electron chi connectivity index (χ3n) is 2.78. The van der Waals surface area contributed by atoms with Gasteiger partial charge in [0, 0.05) is 18.0 Å². The Balaban J connectivity index is 2.84. The van der Waals surface area contributed by atoms with E-state index < -0.39 is 0 Å². The molecule has 0 aromatic heterocycles. The molecule has 0 amide bonds. The summed E-state index contributed by atoms with van der Waals surface area (Å²) in [7, 11) is 0. The minimum atomic E-state index is 0.318. The standard InChI is InChI=1S/C16H23NO/c1-4-7-8-12-15(17-5-2)14-11-9-10-13-16(14)18-6-3/h9-11,13,15,17H,5-6,8,12H2,1-3H3. The highest BCUT2D eigenvalue weighted by molar-refractivity contribution is 5.36. The molecule has 0 aliphatic heterocycles. The lowest BCUT2D eigenvalue weighted by molar-refractivity contribution is 0.330. The van der Waals surface area contributed by atoms with Gasteiger partial charge in [-0.2, -0.15) is 0 Å². The summed E-state index contributed by atoms with van der Waals surface area (Å²) in [6, 6.07) is 8.57. The third kappa shape index (κ3) is 4.43. The Kier molecular flexibility index (Phi) is 6.98. The molecule has 0 spiro atoms. The molecule has 1 atom stereocenters. The van der Waals surface area contributed by atoms with E-state index in [9.17, 15) is 0 Å². The molecular weight excluding hydrogens is 222 g/mol. The molecule has 0 bridgehead atoms. The van der Waals surface area contributed by atoms with Gasteiger partial charge in [-0.15, -0.1) is 11.8 Å². The Morgan fingerprint density at radius 2 is 2.06 bits per heavy atom. The van der Waals surface area contributed by atoms with Gasteiger partial charge in [-0.1, -0.05) is 25.1 Å². The van der Waals surface area contributed by atoms with Crippen LogP contribution < -0.4 is 10.1 Å². The van der Waals surface area contributed by atoms with Crippen molar-refractivity contribution in [1.82, 2.24) is 5.32 Å². The topological polar surface area (TPSA) is 21.3 Å². The Hall–Kier alpha value is -1.46. The van der Waals surface area contributed by atoms with Crippen LogP contribution in [0.5, 0.6) is 5.75 Å². The van der Waals surface area contributed by atoms with Crippen molar-refractivity contribution in [1.29, 1.82) is 0 Å². The number of hydrogen-bond donors (Lipinski definition) is 1. The molecule has 2 heteroatoms. The number of benzene rings is 1. The molecule has 0 aliphatic carbocycles. The minimum absolute atomic E-state index is 0.318.